The van der Waals surface area contributed by atoms with Crippen molar-refractivity contribution in [3.63, 3.8) is 0 Å². The third-order valence-corrected chi connectivity index (χ3v) is 3.77. The molecule has 2 rings (SSSR count). The Morgan fingerprint density at radius 2 is 2.16 bits per heavy atom. The van der Waals surface area contributed by atoms with E-state index in [1.54, 1.807) is 6.07 Å². The van der Waals surface area contributed by atoms with Crippen LogP contribution in [0.2, 0.25) is 0 Å². The maximum Gasteiger partial charge on any atom is 0.283 e. The smallest absolute Gasteiger partial charge is 0.283 e. The van der Waals surface area contributed by atoms with Gasteiger partial charge in [0.2, 0.25) is 0 Å². The zero-order chi connectivity index (χ0) is 13.8. The van der Waals surface area contributed by atoms with E-state index in [2.05, 4.69) is 15.9 Å². The van der Waals surface area contributed by atoms with Crippen LogP contribution in [0.15, 0.2) is 41.1 Å². The summed E-state index contributed by atoms with van der Waals surface area (Å²) in [5.41, 5.74) is 7.65. The lowest BCUT2D eigenvalue weighted by Gasteiger charge is -2.06. The Labute approximate surface area is 119 Å². The van der Waals surface area contributed by atoms with Crippen molar-refractivity contribution in [3.05, 3.63) is 62.4 Å². The molecule has 0 aliphatic heterocycles. The van der Waals surface area contributed by atoms with Crippen LogP contribution in [-0.4, -0.2) is 16.0 Å². The molecular weight excluding hydrogens is 310 g/mol. The van der Waals surface area contributed by atoms with Gasteiger partial charge in [-0.2, -0.15) is 0 Å². The molecule has 1 heterocycles. The average molecular weight is 324 g/mol. The third kappa shape index (κ3) is 3.21. The molecule has 0 unspecified atom stereocenters. The van der Waals surface area contributed by atoms with Crippen LogP contribution in [0.1, 0.15) is 11.1 Å². The summed E-state index contributed by atoms with van der Waals surface area (Å²) in [6.45, 7) is 1.21. The molecule has 0 fully saturated rings. The number of nitro groups is 1. The summed E-state index contributed by atoms with van der Waals surface area (Å²) in [6, 6.07) is 7.07. The Kier molecular flexibility index (Phi) is 4.34. The highest BCUT2D eigenvalue weighted by Gasteiger charge is 2.14. The van der Waals surface area contributed by atoms with E-state index in [0.717, 1.165) is 12.0 Å². The van der Waals surface area contributed by atoms with Gasteiger partial charge in [0.25, 0.3) is 5.69 Å². The van der Waals surface area contributed by atoms with Gasteiger partial charge in [-0.3, -0.25) is 10.1 Å². The Morgan fingerprint density at radius 3 is 2.84 bits per heavy atom. The molecule has 19 heavy (non-hydrogen) atoms. The second kappa shape index (κ2) is 5.99. The highest BCUT2D eigenvalue weighted by atomic mass is 79.9. The van der Waals surface area contributed by atoms with Gasteiger partial charge < -0.3 is 10.3 Å². The molecule has 0 bridgehead atoms. The highest BCUT2D eigenvalue weighted by Crippen LogP contribution is 2.28. The van der Waals surface area contributed by atoms with Gasteiger partial charge in [-0.1, -0.05) is 12.1 Å². The molecular formula is C13H14BrN3O2. The molecule has 6 heteroatoms. The molecule has 0 aliphatic carbocycles. The van der Waals surface area contributed by atoms with Gasteiger partial charge in [-0.25, -0.2) is 0 Å². The van der Waals surface area contributed by atoms with Crippen molar-refractivity contribution in [2.24, 2.45) is 5.73 Å². The van der Waals surface area contributed by atoms with Gasteiger partial charge in [0.15, 0.2) is 0 Å². The first-order valence-electron chi connectivity index (χ1n) is 5.88. The molecule has 0 spiro atoms. The summed E-state index contributed by atoms with van der Waals surface area (Å²) in [6.07, 6.45) is 4.80. The normalized spacial score (nSPS) is 10.6. The topological polar surface area (TPSA) is 74.1 Å². The predicted molar refractivity (Wildman–Crippen MR) is 77.1 cm³/mol. The van der Waals surface area contributed by atoms with Gasteiger partial charge in [0.05, 0.1) is 4.92 Å². The van der Waals surface area contributed by atoms with Crippen LogP contribution < -0.4 is 5.73 Å². The summed E-state index contributed by atoms with van der Waals surface area (Å²) in [4.78, 5) is 10.5. The second-order valence-corrected chi connectivity index (χ2v) is 5.03. The van der Waals surface area contributed by atoms with Gasteiger partial charge in [-0.05, 0) is 46.1 Å². The number of hydrogen-bond donors (Lipinski definition) is 1. The van der Waals surface area contributed by atoms with Crippen molar-refractivity contribution in [3.8, 4) is 0 Å². The summed E-state index contributed by atoms with van der Waals surface area (Å²) < 4.78 is 2.53. The average Bonchev–Trinajstić information content (AvgIpc) is 2.79. The third-order valence-electron chi connectivity index (χ3n) is 2.85. The van der Waals surface area contributed by atoms with E-state index in [9.17, 15) is 10.1 Å². The molecule has 1 aromatic heterocycles. The zero-order valence-electron chi connectivity index (χ0n) is 10.3. The number of hydrogen-bond acceptors (Lipinski definition) is 3. The zero-order valence-corrected chi connectivity index (χ0v) is 11.8. The number of aromatic nitrogens is 1. The molecule has 0 radical (unpaired) electrons. The Balaban J connectivity index is 2.23. The van der Waals surface area contributed by atoms with E-state index in [-0.39, 0.29) is 10.6 Å². The van der Waals surface area contributed by atoms with Crippen molar-refractivity contribution in [1.82, 2.24) is 4.57 Å². The minimum absolute atomic E-state index is 0.0897. The second-order valence-electron chi connectivity index (χ2n) is 4.24. The van der Waals surface area contributed by atoms with E-state index in [1.807, 2.05) is 29.1 Å². The first kappa shape index (κ1) is 13.8. The standard InChI is InChI=1S/C13H14BrN3O2/c14-13-11(2-1-3-12(13)17(18)19)9-16-7-5-10(8-16)4-6-15/h1-3,5,7-8H,4,6,9,15H2. The van der Waals surface area contributed by atoms with E-state index in [4.69, 9.17) is 5.73 Å². The van der Waals surface area contributed by atoms with Crippen LogP contribution in [0.3, 0.4) is 0 Å². The molecule has 2 N–H and O–H groups in total. The van der Waals surface area contributed by atoms with Crippen molar-refractivity contribution in [2.75, 3.05) is 6.54 Å². The lowest BCUT2D eigenvalue weighted by Crippen LogP contribution is -2.02. The largest absolute Gasteiger partial charge is 0.350 e. The van der Waals surface area contributed by atoms with E-state index in [1.165, 1.54) is 11.6 Å². The summed E-state index contributed by atoms with van der Waals surface area (Å²) >= 11 is 3.30. The van der Waals surface area contributed by atoms with Crippen LogP contribution in [-0.2, 0) is 13.0 Å². The molecule has 2 aromatic rings. The molecule has 0 saturated carbocycles. The number of rotatable bonds is 5. The fourth-order valence-corrected chi connectivity index (χ4v) is 2.46. The number of benzene rings is 1. The Hall–Kier alpha value is -1.66. The quantitative estimate of drug-likeness (QED) is 0.679. The maximum absolute atomic E-state index is 10.9. The molecule has 0 saturated heterocycles. The summed E-state index contributed by atoms with van der Waals surface area (Å²) in [5, 5.41) is 10.9. The van der Waals surface area contributed by atoms with Crippen molar-refractivity contribution in [1.29, 1.82) is 0 Å². The van der Waals surface area contributed by atoms with Gasteiger partial charge >= 0.3 is 0 Å². The van der Waals surface area contributed by atoms with Crippen LogP contribution in [0.25, 0.3) is 0 Å². The van der Waals surface area contributed by atoms with Crippen LogP contribution >= 0.6 is 15.9 Å². The van der Waals surface area contributed by atoms with E-state index >= 15 is 0 Å². The monoisotopic (exact) mass is 323 g/mol. The molecule has 5 nitrogen and oxygen atoms in total. The lowest BCUT2D eigenvalue weighted by atomic mass is 10.2. The fourth-order valence-electron chi connectivity index (χ4n) is 1.93. The molecule has 100 valence electrons. The first-order chi connectivity index (χ1) is 9.11. The fraction of sp³-hybridized carbons (Fsp3) is 0.231. The Bertz CT molecular complexity index is 595. The number of nitro benzene ring substituents is 1. The predicted octanol–water partition coefficient (Wildman–Crippen LogP) is 2.71. The van der Waals surface area contributed by atoms with Crippen molar-refractivity contribution >= 4 is 21.6 Å². The Morgan fingerprint density at radius 1 is 1.37 bits per heavy atom. The van der Waals surface area contributed by atoms with Crippen LogP contribution in [0, 0.1) is 10.1 Å². The minimum Gasteiger partial charge on any atom is -0.350 e. The van der Waals surface area contributed by atoms with Crippen molar-refractivity contribution < 1.29 is 4.92 Å². The van der Waals surface area contributed by atoms with Crippen LogP contribution in [0.4, 0.5) is 5.69 Å². The van der Waals surface area contributed by atoms with Crippen LogP contribution in [0.5, 0.6) is 0 Å². The molecule has 0 amide bonds. The van der Waals surface area contributed by atoms with Gasteiger partial charge in [0, 0.05) is 25.0 Å². The van der Waals surface area contributed by atoms with E-state index in [0.29, 0.717) is 17.6 Å². The van der Waals surface area contributed by atoms with Gasteiger partial charge in [-0.15, -0.1) is 0 Å². The molecule has 0 atom stereocenters. The maximum atomic E-state index is 10.9. The lowest BCUT2D eigenvalue weighted by molar-refractivity contribution is -0.385. The minimum atomic E-state index is -0.386. The molecule has 1 aromatic carbocycles. The summed E-state index contributed by atoms with van der Waals surface area (Å²) in [5.74, 6) is 0. The van der Waals surface area contributed by atoms with Gasteiger partial charge in [0.1, 0.15) is 4.47 Å². The molecule has 0 aliphatic rings. The first-order valence-corrected chi connectivity index (χ1v) is 6.67. The van der Waals surface area contributed by atoms with E-state index < -0.39 is 0 Å². The van der Waals surface area contributed by atoms with Crippen molar-refractivity contribution in [2.45, 2.75) is 13.0 Å². The SMILES string of the molecule is NCCc1ccn(Cc2cccc([N+](=O)[O-])c2Br)c1. The highest BCUT2D eigenvalue weighted by molar-refractivity contribution is 9.10. The summed E-state index contributed by atoms with van der Waals surface area (Å²) in [7, 11) is 0. The number of nitrogens with zero attached hydrogens (tertiary/aromatic N) is 2. The number of halogens is 1. The number of nitrogens with two attached hydrogens (primary N) is 1.